The summed E-state index contributed by atoms with van der Waals surface area (Å²) in [5.41, 5.74) is 19.9. The molecule has 2 nitrogen and oxygen atoms in total. The molecular formula is C62H53NO. The third-order valence-corrected chi connectivity index (χ3v) is 17.3. The van der Waals surface area contributed by atoms with Crippen LogP contribution in [0.2, 0.25) is 0 Å². The molecule has 1 aromatic heterocycles. The summed E-state index contributed by atoms with van der Waals surface area (Å²) in [6, 6.07) is 62.7. The Bertz CT molecular complexity index is 3380. The van der Waals surface area contributed by atoms with Crippen LogP contribution in [0.5, 0.6) is 0 Å². The highest BCUT2D eigenvalue weighted by Crippen LogP contribution is 2.65. The zero-order chi connectivity index (χ0) is 42.3. The molecule has 0 N–H and O–H groups in total. The van der Waals surface area contributed by atoms with Crippen molar-refractivity contribution in [1.29, 1.82) is 0 Å². The molecule has 3 fully saturated rings. The molecule has 5 atom stereocenters. The van der Waals surface area contributed by atoms with Crippen LogP contribution in [0.1, 0.15) is 87.5 Å². The van der Waals surface area contributed by atoms with E-state index in [1.807, 2.05) is 0 Å². The van der Waals surface area contributed by atoms with Gasteiger partial charge < -0.3 is 9.32 Å². The van der Waals surface area contributed by atoms with Crippen molar-refractivity contribution in [3.63, 3.8) is 0 Å². The first-order chi connectivity index (χ1) is 31.5. The molecule has 2 spiro atoms. The highest BCUT2D eigenvalue weighted by atomic mass is 16.3. The van der Waals surface area contributed by atoms with E-state index in [0.717, 1.165) is 39.5 Å². The van der Waals surface area contributed by atoms with Gasteiger partial charge in [-0.25, -0.2) is 0 Å². The Morgan fingerprint density at radius 2 is 1.12 bits per heavy atom. The number of anilines is 3. The Labute approximate surface area is 376 Å². The van der Waals surface area contributed by atoms with E-state index >= 15 is 0 Å². The van der Waals surface area contributed by atoms with Crippen LogP contribution >= 0.6 is 0 Å². The lowest BCUT2D eigenvalue weighted by Gasteiger charge is -2.54. The highest BCUT2D eigenvalue weighted by molar-refractivity contribution is 6.09. The lowest BCUT2D eigenvalue weighted by molar-refractivity contribution is 0.0426. The summed E-state index contributed by atoms with van der Waals surface area (Å²) >= 11 is 0. The first-order valence-electron chi connectivity index (χ1n) is 24.2. The van der Waals surface area contributed by atoms with Gasteiger partial charge in [-0.3, -0.25) is 0 Å². The van der Waals surface area contributed by atoms with E-state index in [9.17, 15) is 0 Å². The van der Waals surface area contributed by atoms with E-state index in [-0.39, 0.29) is 10.8 Å². The Hall–Kier alpha value is -6.38. The zero-order valence-corrected chi connectivity index (χ0v) is 36.9. The molecule has 2 heteroatoms. The van der Waals surface area contributed by atoms with E-state index < -0.39 is 0 Å². The van der Waals surface area contributed by atoms with Crippen LogP contribution in [0.4, 0.5) is 17.1 Å². The maximum Gasteiger partial charge on any atom is 0.137 e. The molecular weight excluding hydrogens is 775 g/mol. The first kappa shape index (κ1) is 37.0. The van der Waals surface area contributed by atoms with Crippen molar-refractivity contribution in [1.82, 2.24) is 0 Å². The number of rotatable bonds is 4. The van der Waals surface area contributed by atoms with Crippen LogP contribution in [0.3, 0.4) is 0 Å². The van der Waals surface area contributed by atoms with Gasteiger partial charge in [0, 0.05) is 44.4 Å². The largest absolute Gasteiger partial charge is 0.456 e. The molecule has 9 aromatic rings. The van der Waals surface area contributed by atoms with Gasteiger partial charge in [-0.05, 0) is 166 Å². The summed E-state index contributed by atoms with van der Waals surface area (Å²) < 4.78 is 6.58. The molecule has 5 aliphatic carbocycles. The molecule has 3 saturated carbocycles. The van der Waals surface area contributed by atoms with E-state index in [4.69, 9.17) is 4.42 Å². The van der Waals surface area contributed by atoms with Crippen molar-refractivity contribution in [2.24, 2.45) is 23.7 Å². The smallest absolute Gasteiger partial charge is 0.137 e. The van der Waals surface area contributed by atoms with E-state index in [1.165, 1.54) is 118 Å². The summed E-state index contributed by atoms with van der Waals surface area (Å²) in [6.45, 7) is 5.09. The molecule has 0 saturated heterocycles. The number of furan rings is 1. The van der Waals surface area contributed by atoms with Crippen molar-refractivity contribution >= 4 is 49.8 Å². The molecule has 5 aliphatic rings. The van der Waals surface area contributed by atoms with Crippen LogP contribution < -0.4 is 4.90 Å². The maximum absolute atomic E-state index is 6.58. The Kier molecular flexibility index (Phi) is 7.85. The standard InChI is InChI=1S/C62H53NO/c1-38-31-40-33-39(2)62(42(32-38)34-40)55-19-9-6-15-48(55)53-35-41(21-27-56(53)62)45-26-28-58(50-16-4-3-13-46(45)50)63(44-23-25-52-51-17-7-10-20-59(51)64-60(52)37-44)43-22-24-49-47-14-5-8-18-54(47)61(57(49)36-43)29-11-12-30-61/h3-10,13-28,35-40,42H,11-12,29-34H2,1-2H3/t38-,39+,40?,42-,62-/m1/s1. The summed E-state index contributed by atoms with van der Waals surface area (Å²) in [6.07, 6.45) is 10.4. The third-order valence-electron chi connectivity index (χ3n) is 17.3. The minimum atomic E-state index is 0.0688. The predicted molar refractivity (Wildman–Crippen MR) is 266 cm³/mol. The van der Waals surface area contributed by atoms with Gasteiger partial charge in [0.05, 0.1) is 5.69 Å². The van der Waals surface area contributed by atoms with E-state index in [2.05, 4.69) is 183 Å². The van der Waals surface area contributed by atoms with E-state index in [1.54, 1.807) is 11.1 Å². The van der Waals surface area contributed by atoms with Gasteiger partial charge in [0.15, 0.2) is 0 Å². The number of nitrogens with zero attached hydrogens (tertiary/aromatic N) is 1. The molecule has 8 aromatic carbocycles. The third kappa shape index (κ3) is 4.98. The monoisotopic (exact) mass is 827 g/mol. The van der Waals surface area contributed by atoms with E-state index in [0.29, 0.717) is 11.8 Å². The second-order valence-corrected chi connectivity index (χ2v) is 20.5. The molecule has 64 heavy (non-hydrogen) atoms. The van der Waals surface area contributed by atoms with Gasteiger partial charge in [0.25, 0.3) is 0 Å². The fourth-order valence-electron chi connectivity index (χ4n) is 15.0. The average Bonchev–Trinajstić information content (AvgIpc) is 4.10. The topological polar surface area (TPSA) is 16.4 Å². The number of benzene rings is 8. The lowest BCUT2D eigenvalue weighted by Crippen LogP contribution is -2.49. The van der Waals surface area contributed by atoms with Gasteiger partial charge in [0.2, 0.25) is 0 Å². The Morgan fingerprint density at radius 1 is 0.469 bits per heavy atom. The van der Waals surface area contributed by atoms with Gasteiger partial charge in [-0.15, -0.1) is 0 Å². The zero-order valence-electron chi connectivity index (χ0n) is 36.9. The summed E-state index contributed by atoms with van der Waals surface area (Å²) in [7, 11) is 0. The van der Waals surface area contributed by atoms with Crippen molar-refractivity contribution in [3.8, 4) is 33.4 Å². The fourth-order valence-corrected chi connectivity index (χ4v) is 15.0. The van der Waals surface area contributed by atoms with Gasteiger partial charge >= 0.3 is 0 Å². The minimum Gasteiger partial charge on any atom is -0.456 e. The van der Waals surface area contributed by atoms with Crippen LogP contribution in [0.15, 0.2) is 168 Å². The van der Waals surface area contributed by atoms with Crippen LogP contribution in [-0.2, 0) is 10.8 Å². The minimum absolute atomic E-state index is 0.0688. The molecule has 1 heterocycles. The average molecular weight is 828 g/mol. The molecule has 1 unspecified atom stereocenters. The van der Waals surface area contributed by atoms with Crippen LogP contribution in [0.25, 0.3) is 66.1 Å². The number of para-hydroxylation sites is 1. The Morgan fingerprint density at radius 3 is 1.98 bits per heavy atom. The SMILES string of the molecule is C[C@@H]1CC2C[C@@H](C1)[C@@]1(c3ccccc3-c3cc(-c4ccc(N(c5ccc6c(c5)C5(CCCC5)c5ccccc5-6)c5ccc6c(c5)oc5ccccc56)c5ccccc45)ccc31)[C@@H](C)C2. The van der Waals surface area contributed by atoms with Crippen molar-refractivity contribution in [2.75, 3.05) is 4.90 Å². The summed E-state index contributed by atoms with van der Waals surface area (Å²) in [5.74, 6) is 2.98. The first-order valence-corrected chi connectivity index (χ1v) is 24.2. The van der Waals surface area contributed by atoms with Gasteiger partial charge in [0.1, 0.15) is 11.2 Å². The van der Waals surface area contributed by atoms with Crippen LogP contribution in [0, 0.1) is 23.7 Å². The van der Waals surface area contributed by atoms with Crippen molar-refractivity contribution in [3.05, 3.63) is 186 Å². The second-order valence-electron chi connectivity index (χ2n) is 20.5. The highest BCUT2D eigenvalue weighted by Gasteiger charge is 2.56. The molecule has 0 amide bonds. The quantitative estimate of drug-likeness (QED) is 0.176. The molecule has 2 bridgehead atoms. The number of fused-ring (bicyclic) bond motifs is 17. The summed E-state index contributed by atoms with van der Waals surface area (Å²) in [5, 5.41) is 4.81. The fraction of sp³-hybridized carbons (Fsp3) is 0.258. The number of hydrogen-bond donors (Lipinski definition) is 0. The van der Waals surface area contributed by atoms with Crippen molar-refractivity contribution in [2.45, 2.75) is 76.0 Å². The van der Waals surface area contributed by atoms with Crippen LogP contribution in [-0.4, -0.2) is 0 Å². The predicted octanol–water partition coefficient (Wildman–Crippen LogP) is 17.1. The normalized spacial score (nSPS) is 23.5. The molecule has 14 rings (SSSR count). The maximum atomic E-state index is 6.58. The second kappa shape index (κ2) is 13.6. The lowest BCUT2D eigenvalue weighted by atomic mass is 9.49. The summed E-state index contributed by atoms with van der Waals surface area (Å²) in [4.78, 5) is 2.51. The van der Waals surface area contributed by atoms with Gasteiger partial charge in [-0.2, -0.15) is 0 Å². The Balaban J connectivity index is 0.952. The van der Waals surface area contributed by atoms with Gasteiger partial charge in [-0.1, -0.05) is 142 Å². The molecule has 0 aliphatic heterocycles. The molecule has 0 radical (unpaired) electrons. The number of hydrogen-bond acceptors (Lipinski definition) is 2. The molecule has 312 valence electrons. The van der Waals surface area contributed by atoms with Crippen molar-refractivity contribution < 1.29 is 4.42 Å².